The molecule has 0 fully saturated rings. The van der Waals surface area contributed by atoms with Gasteiger partial charge in [0.15, 0.2) is 0 Å². The topological polar surface area (TPSA) is 45.2 Å². The molecule has 1 atom stereocenters. The standard InChI is InChI=1S/C15H16N2O/c1-10-7-12(9-16-8-10)15(18)13-4-2-3-11-5-6-17-14(11)13/h2-4,7-9,15,17-18H,5-6H2,1H3. The van der Waals surface area contributed by atoms with E-state index >= 15 is 0 Å². The van der Waals surface area contributed by atoms with Crippen LogP contribution in [0.15, 0.2) is 36.7 Å². The normalized spacial score (nSPS) is 15.0. The number of hydrogen-bond acceptors (Lipinski definition) is 3. The maximum atomic E-state index is 10.5. The van der Waals surface area contributed by atoms with Crippen molar-refractivity contribution in [2.75, 3.05) is 11.9 Å². The molecule has 92 valence electrons. The van der Waals surface area contributed by atoms with Crippen LogP contribution in [0, 0.1) is 6.92 Å². The minimum absolute atomic E-state index is 0.613. The molecule has 1 aromatic heterocycles. The molecule has 1 aromatic carbocycles. The van der Waals surface area contributed by atoms with Gasteiger partial charge in [0.1, 0.15) is 6.10 Å². The molecule has 0 bridgehead atoms. The number of aryl methyl sites for hydroxylation is 1. The number of para-hydroxylation sites is 1. The molecule has 0 spiro atoms. The number of aliphatic hydroxyl groups excluding tert-OH is 1. The lowest BCUT2D eigenvalue weighted by molar-refractivity contribution is 0.220. The second kappa shape index (κ2) is 4.42. The van der Waals surface area contributed by atoms with Crippen LogP contribution in [0.5, 0.6) is 0 Å². The van der Waals surface area contributed by atoms with Crippen LogP contribution in [-0.2, 0) is 6.42 Å². The summed E-state index contributed by atoms with van der Waals surface area (Å²) in [6.07, 6.45) is 3.94. The van der Waals surface area contributed by atoms with E-state index < -0.39 is 6.10 Å². The quantitative estimate of drug-likeness (QED) is 0.847. The van der Waals surface area contributed by atoms with Crippen LogP contribution in [0.1, 0.15) is 28.4 Å². The number of fused-ring (bicyclic) bond motifs is 1. The minimum atomic E-state index is -0.613. The van der Waals surface area contributed by atoms with Crippen molar-refractivity contribution in [1.29, 1.82) is 0 Å². The molecule has 0 radical (unpaired) electrons. The number of aromatic nitrogens is 1. The van der Waals surface area contributed by atoms with Crippen molar-refractivity contribution in [2.24, 2.45) is 0 Å². The number of anilines is 1. The van der Waals surface area contributed by atoms with Gasteiger partial charge in [0.25, 0.3) is 0 Å². The Kier molecular flexibility index (Phi) is 2.76. The Labute approximate surface area is 107 Å². The molecule has 2 heterocycles. The molecule has 1 aliphatic rings. The first-order valence-electron chi connectivity index (χ1n) is 6.21. The van der Waals surface area contributed by atoms with Gasteiger partial charge in [-0.15, -0.1) is 0 Å². The third-order valence-corrected chi connectivity index (χ3v) is 3.39. The van der Waals surface area contributed by atoms with Crippen molar-refractivity contribution in [3.05, 3.63) is 58.9 Å². The van der Waals surface area contributed by atoms with Crippen LogP contribution < -0.4 is 5.32 Å². The second-order valence-corrected chi connectivity index (χ2v) is 4.76. The number of benzene rings is 1. The number of rotatable bonds is 2. The van der Waals surface area contributed by atoms with E-state index in [1.165, 1.54) is 5.56 Å². The third-order valence-electron chi connectivity index (χ3n) is 3.39. The first kappa shape index (κ1) is 11.2. The van der Waals surface area contributed by atoms with Crippen LogP contribution in [0.25, 0.3) is 0 Å². The van der Waals surface area contributed by atoms with E-state index in [4.69, 9.17) is 0 Å². The summed E-state index contributed by atoms with van der Waals surface area (Å²) >= 11 is 0. The van der Waals surface area contributed by atoms with Gasteiger partial charge in [-0.1, -0.05) is 24.3 Å². The molecule has 1 unspecified atom stereocenters. The Bertz CT molecular complexity index is 580. The van der Waals surface area contributed by atoms with Crippen molar-refractivity contribution in [3.63, 3.8) is 0 Å². The molecular formula is C15H16N2O. The Morgan fingerprint density at radius 2 is 2.22 bits per heavy atom. The number of nitrogens with zero attached hydrogens (tertiary/aromatic N) is 1. The Hall–Kier alpha value is -1.87. The number of hydrogen-bond donors (Lipinski definition) is 2. The van der Waals surface area contributed by atoms with Crippen molar-refractivity contribution >= 4 is 5.69 Å². The zero-order valence-corrected chi connectivity index (χ0v) is 10.4. The maximum absolute atomic E-state index is 10.5. The zero-order valence-electron chi connectivity index (χ0n) is 10.4. The lowest BCUT2D eigenvalue weighted by atomic mass is 9.98. The summed E-state index contributed by atoms with van der Waals surface area (Å²) in [5.41, 5.74) is 5.22. The monoisotopic (exact) mass is 240 g/mol. The first-order chi connectivity index (χ1) is 8.75. The van der Waals surface area contributed by atoms with Crippen LogP contribution in [0.3, 0.4) is 0 Å². The van der Waals surface area contributed by atoms with E-state index in [0.717, 1.165) is 35.3 Å². The van der Waals surface area contributed by atoms with Gasteiger partial charge in [0, 0.05) is 35.8 Å². The molecule has 0 amide bonds. The van der Waals surface area contributed by atoms with Crippen molar-refractivity contribution < 1.29 is 5.11 Å². The van der Waals surface area contributed by atoms with Crippen LogP contribution in [0.2, 0.25) is 0 Å². The van der Waals surface area contributed by atoms with E-state index in [0.29, 0.717) is 0 Å². The fourth-order valence-corrected chi connectivity index (χ4v) is 2.50. The van der Waals surface area contributed by atoms with E-state index in [1.807, 2.05) is 25.1 Å². The number of pyridine rings is 1. The first-order valence-corrected chi connectivity index (χ1v) is 6.21. The average Bonchev–Trinajstić information content (AvgIpc) is 2.86. The van der Waals surface area contributed by atoms with E-state index in [1.54, 1.807) is 12.4 Å². The molecule has 0 saturated heterocycles. The highest BCUT2D eigenvalue weighted by Crippen LogP contribution is 2.33. The summed E-state index contributed by atoms with van der Waals surface area (Å²) in [6.45, 7) is 2.93. The Balaban J connectivity index is 2.03. The zero-order chi connectivity index (χ0) is 12.5. The van der Waals surface area contributed by atoms with E-state index in [-0.39, 0.29) is 0 Å². The summed E-state index contributed by atoms with van der Waals surface area (Å²) < 4.78 is 0. The van der Waals surface area contributed by atoms with Crippen molar-refractivity contribution in [2.45, 2.75) is 19.4 Å². The SMILES string of the molecule is Cc1cncc(C(O)c2cccc3c2NCC3)c1. The van der Waals surface area contributed by atoms with Crippen LogP contribution >= 0.6 is 0 Å². The van der Waals surface area contributed by atoms with Gasteiger partial charge in [0.05, 0.1) is 0 Å². The van der Waals surface area contributed by atoms with Gasteiger partial charge in [-0.2, -0.15) is 0 Å². The van der Waals surface area contributed by atoms with Gasteiger partial charge >= 0.3 is 0 Å². The largest absolute Gasteiger partial charge is 0.384 e. The summed E-state index contributed by atoms with van der Waals surface area (Å²) in [6, 6.07) is 8.07. The highest BCUT2D eigenvalue weighted by molar-refractivity contribution is 5.63. The van der Waals surface area contributed by atoms with E-state index in [2.05, 4.69) is 16.4 Å². The molecule has 3 nitrogen and oxygen atoms in total. The van der Waals surface area contributed by atoms with Gasteiger partial charge < -0.3 is 10.4 Å². The van der Waals surface area contributed by atoms with Crippen molar-refractivity contribution in [3.8, 4) is 0 Å². The molecule has 18 heavy (non-hydrogen) atoms. The molecule has 0 saturated carbocycles. The van der Waals surface area contributed by atoms with Gasteiger partial charge in [-0.05, 0) is 24.5 Å². The van der Waals surface area contributed by atoms with Gasteiger partial charge in [-0.25, -0.2) is 0 Å². The minimum Gasteiger partial charge on any atom is -0.384 e. The lowest BCUT2D eigenvalue weighted by Gasteiger charge is -2.15. The highest BCUT2D eigenvalue weighted by atomic mass is 16.3. The van der Waals surface area contributed by atoms with Crippen LogP contribution in [0.4, 0.5) is 5.69 Å². The fourth-order valence-electron chi connectivity index (χ4n) is 2.50. The summed E-state index contributed by atoms with van der Waals surface area (Å²) in [5.74, 6) is 0. The summed E-state index contributed by atoms with van der Waals surface area (Å²) in [4.78, 5) is 4.14. The van der Waals surface area contributed by atoms with Gasteiger partial charge in [0.2, 0.25) is 0 Å². The smallest absolute Gasteiger partial charge is 0.108 e. The summed E-state index contributed by atoms with van der Waals surface area (Å²) in [5, 5.41) is 13.9. The predicted octanol–water partition coefficient (Wildman–Crippen LogP) is 2.44. The van der Waals surface area contributed by atoms with E-state index in [9.17, 15) is 5.11 Å². The molecule has 0 aliphatic carbocycles. The molecule has 2 aromatic rings. The molecule has 3 rings (SSSR count). The predicted molar refractivity (Wildman–Crippen MR) is 71.7 cm³/mol. The second-order valence-electron chi connectivity index (χ2n) is 4.76. The molecule has 3 heteroatoms. The van der Waals surface area contributed by atoms with Crippen LogP contribution in [-0.4, -0.2) is 16.6 Å². The summed E-state index contributed by atoms with van der Waals surface area (Å²) in [7, 11) is 0. The maximum Gasteiger partial charge on any atom is 0.108 e. The molecular weight excluding hydrogens is 224 g/mol. The number of aliphatic hydroxyl groups is 1. The Morgan fingerprint density at radius 3 is 3.06 bits per heavy atom. The highest BCUT2D eigenvalue weighted by Gasteiger charge is 2.20. The third kappa shape index (κ3) is 1.87. The fraction of sp³-hybridized carbons (Fsp3) is 0.267. The number of nitrogens with one attached hydrogen (secondary N) is 1. The van der Waals surface area contributed by atoms with Gasteiger partial charge in [-0.3, -0.25) is 4.98 Å². The van der Waals surface area contributed by atoms with Crippen molar-refractivity contribution in [1.82, 2.24) is 4.98 Å². The molecule has 1 aliphatic heterocycles. The molecule has 2 N–H and O–H groups in total. The Morgan fingerprint density at radius 1 is 1.33 bits per heavy atom. The lowest BCUT2D eigenvalue weighted by Crippen LogP contribution is -2.04. The average molecular weight is 240 g/mol.